The maximum Gasteiger partial charge on any atom is 0.241 e. The molecule has 1 N–H and O–H groups in total. The molecule has 24 heavy (non-hydrogen) atoms. The third-order valence-corrected chi connectivity index (χ3v) is 5.30. The molecule has 1 heterocycles. The number of anilines is 1. The summed E-state index contributed by atoms with van der Waals surface area (Å²) in [4.78, 5) is 29.0. The van der Waals surface area contributed by atoms with Crippen LogP contribution >= 0.6 is 0 Å². The molecule has 0 aromatic heterocycles. The van der Waals surface area contributed by atoms with Gasteiger partial charge in [-0.05, 0) is 31.9 Å². The molecule has 1 aromatic rings. The molecule has 1 aromatic carbocycles. The van der Waals surface area contributed by atoms with Gasteiger partial charge < -0.3 is 10.2 Å². The van der Waals surface area contributed by atoms with Crippen molar-refractivity contribution in [3.8, 4) is 0 Å². The summed E-state index contributed by atoms with van der Waals surface area (Å²) in [5.74, 6) is 0.584. The van der Waals surface area contributed by atoms with Crippen LogP contribution in [0.4, 0.5) is 5.69 Å². The molecular weight excluding hydrogens is 302 g/mol. The molecule has 5 heteroatoms. The summed E-state index contributed by atoms with van der Waals surface area (Å²) in [7, 11) is 0. The average Bonchev–Trinajstić information content (AvgIpc) is 3.16. The van der Waals surface area contributed by atoms with Crippen molar-refractivity contribution in [2.45, 2.75) is 38.6 Å². The van der Waals surface area contributed by atoms with Gasteiger partial charge in [0.2, 0.25) is 11.8 Å². The Labute approximate surface area is 144 Å². The van der Waals surface area contributed by atoms with Crippen molar-refractivity contribution in [2.75, 3.05) is 31.5 Å². The summed E-state index contributed by atoms with van der Waals surface area (Å²) in [5, 5.41) is 2.96. The lowest BCUT2D eigenvalue weighted by Crippen LogP contribution is -2.54. The second kappa shape index (κ2) is 7.79. The minimum Gasteiger partial charge on any atom is -0.340 e. The maximum absolute atomic E-state index is 12.5. The topological polar surface area (TPSA) is 52.7 Å². The van der Waals surface area contributed by atoms with E-state index in [1.165, 1.54) is 12.8 Å². The first-order chi connectivity index (χ1) is 11.6. The fourth-order valence-electron chi connectivity index (χ4n) is 3.69. The number of carbonyl (C=O) groups excluding carboxylic acids is 2. The number of hydrogen-bond donors (Lipinski definition) is 1. The SMILES string of the molecule is C[C@@H](C(=O)Nc1ccccc1)N1CCN(C(=O)C2CCCC2)CC1. The molecule has 0 radical (unpaired) electrons. The van der Waals surface area contributed by atoms with E-state index in [0.717, 1.165) is 44.7 Å². The average molecular weight is 329 g/mol. The van der Waals surface area contributed by atoms with Gasteiger partial charge in [-0.2, -0.15) is 0 Å². The van der Waals surface area contributed by atoms with Gasteiger partial charge in [-0.1, -0.05) is 31.0 Å². The molecule has 3 rings (SSSR count). The van der Waals surface area contributed by atoms with Gasteiger partial charge >= 0.3 is 0 Å². The van der Waals surface area contributed by atoms with Gasteiger partial charge in [0, 0.05) is 37.8 Å². The summed E-state index contributed by atoms with van der Waals surface area (Å²) >= 11 is 0. The van der Waals surface area contributed by atoms with E-state index in [0.29, 0.717) is 5.91 Å². The van der Waals surface area contributed by atoms with Gasteiger partial charge in [0.15, 0.2) is 0 Å². The number of benzene rings is 1. The largest absolute Gasteiger partial charge is 0.340 e. The quantitative estimate of drug-likeness (QED) is 0.922. The molecule has 0 unspecified atom stereocenters. The summed E-state index contributed by atoms with van der Waals surface area (Å²) in [6.45, 7) is 4.94. The van der Waals surface area contributed by atoms with Crippen molar-refractivity contribution in [2.24, 2.45) is 5.92 Å². The zero-order valence-corrected chi connectivity index (χ0v) is 14.4. The molecule has 1 atom stereocenters. The van der Waals surface area contributed by atoms with Gasteiger partial charge in [0.25, 0.3) is 0 Å². The lowest BCUT2D eigenvalue weighted by molar-refractivity contribution is -0.137. The fourth-order valence-corrected chi connectivity index (χ4v) is 3.69. The number of nitrogens with one attached hydrogen (secondary N) is 1. The first kappa shape index (κ1) is 17.0. The minimum atomic E-state index is -0.186. The van der Waals surface area contributed by atoms with Crippen molar-refractivity contribution in [3.05, 3.63) is 30.3 Å². The van der Waals surface area contributed by atoms with Crippen molar-refractivity contribution in [3.63, 3.8) is 0 Å². The van der Waals surface area contributed by atoms with E-state index >= 15 is 0 Å². The highest BCUT2D eigenvalue weighted by Crippen LogP contribution is 2.27. The van der Waals surface area contributed by atoms with Crippen molar-refractivity contribution >= 4 is 17.5 Å². The van der Waals surface area contributed by atoms with Crippen LogP contribution in [0.2, 0.25) is 0 Å². The molecule has 2 fully saturated rings. The standard InChI is InChI=1S/C19H27N3O2/c1-15(18(23)20-17-9-3-2-4-10-17)21-11-13-22(14-12-21)19(24)16-7-5-6-8-16/h2-4,9-10,15-16H,5-8,11-14H2,1H3,(H,20,23)/t15-/m0/s1. The van der Waals surface area contributed by atoms with Crippen LogP contribution in [0.3, 0.4) is 0 Å². The van der Waals surface area contributed by atoms with Crippen molar-refractivity contribution in [1.29, 1.82) is 0 Å². The molecule has 0 spiro atoms. The molecule has 2 amide bonds. The van der Waals surface area contributed by atoms with E-state index in [1.807, 2.05) is 42.2 Å². The number of rotatable bonds is 4. The van der Waals surface area contributed by atoms with Crippen LogP contribution in [-0.2, 0) is 9.59 Å². The molecule has 1 saturated heterocycles. The van der Waals surface area contributed by atoms with E-state index < -0.39 is 0 Å². The Morgan fingerprint density at radius 2 is 1.67 bits per heavy atom. The third-order valence-electron chi connectivity index (χ3n) is 5.30. The summed E-state index contributed by atoms with van der Waals surface area (Å²) in [5.41, 5.74) is 0.824. The highest BCUT2D eigenvalue weighted by Gasteiger charge is 2.31. The monoisotopic (exact) mass is 329 g/mol. The Morgan fingerprint density at radius 1 is 1.04 bits per heavy atom. The zero-order valence-electron chi connectivity index (χ0n) is 14.4. The Morgan fingerprint density at radius 3 is 2.29 bits per heavy atom. The zero-order chi connectivity index (χ0) is 16.9. The van der Waals surface area contributed by atoms with E-state index in [2.05, 4.69) is 10.2 Å². The van der Waals surface area contributed by atoms with Crippen molar-refractivity contribution in [1.82, 2.24) is 9.80 Å². The van der Waals surface area contributed by atoms with E-state index in [1.54, 1.807) is 0 Å². The van der Waals surface area contributed by atoms with E-state index in [4.69, 9.17) is 0 Å². The molecule has 130 valence electrons. The lowest BCUT2D eigenvalue weighted by Gasteiger charge is -2.38. The molecule has 2 aliphatic rings. The predicted molar refractivity (Wildman–Crippen MR) is 94.6 cm³/mol. The van der Waals surface area contributed by atoms with Crippen molar-refractivity contribution < 1.29 is 9.59 Å². The Bertz CT molecular complexity index is 561. The van der Waals surface area contributed by atoms with Gasteiger partial charge in [0.1, 0.15) is 0 Å². The van der Waals surface area contributed by atoms with Crippen LogP contribution < -0.4 is 5.32 Å². The number of nitrogens with zero attached hydrogens (tertiary/aromatic N) is 2. The molecule has 5 nitrogen and oxygen atoms in total. The Balaban J connectivity index is 1.48. The normalized spacial score (nSPS) is 20.8. The Kier molecular flexibility index (Phi) is 5.51. The molecule has 1 aliphatic heterocycles. The molecule has 1 saturated carbocycles. The number of hydrogen-bond acceptors (Lipinski definition) is 3. The first-order valence-corrected chi connectivity index (χ1v) is 9.04. The second-order valence-electron chi connectivity index (χ2n) is 6.87. The third kappa shape index (κ3) is 3.96. The highest BCUT2D eigenvalue weighted by atomic mass is 16.2. The smallest absolute Gasteiger partial charge is 0.241 e. The van der Waals surface area contributed by atoms with Gasteiger partial charge in [0.05, 0.1) is 6.04 Å². The minimum absolute atomic E-state index is 0.0109. The lowest BCUT2D eigenvalue weighted by atomic mass is 10.1. The summed E-state index contributed by atoms with van der Waals surface area (Å²) < 4.78 is 0. The van der Waals surface area contributed by atoms with Crippen LogP contribution in [0.1, 0.15) is 32.6 Å². The fraction of sp³-hybridized carbons (Fsp3) is 0.579. The molecule has 0 bridgehead atoms. The molecular formula is C19H27N3O2. The first-order valence-electron chi connectivity index (χ1n) is 9.04. The van der Waals surface area contributed by atoms with E-state index in [9.17, 15) is 9.59 Å². The summed E-state index contributed by atoms with van der Waals surface area (Å²) in [6.07, 6.45) is 4.48. The van der Waals surface area contributed by atoms with Crippen LogP contribution in [0.15, 0.2) is 30.3 Å². The van der Waals surface area contributed by atoms with Crippen LogP contribution in [0.25, 0.3) is 0 Å². The van der Waals surface area contributed by atoms with Crippen LogP contribution in [0.5, 0.6) is 0 Å². The summed E-state index contributed by atoms with van der Waals surface area (Å²) in [6, 6.07) is 9.35. The van der Waals surface area contributed by atoms with Crippen LogP contribution in [-0.4, -0.2) is 53.8 Å². The number of piperazine rings is 1. The molecule has 1 aliphatic carbocycles. The predicted octanol–water partition coefficient (Wildman–Crippen LogP) is 2.35. The maximum atomic E-state index is 12.5. The van der Waals surface area contributed by atoms with Gasteiger partial charge in [-0.3, -0.25) is 14.5 Å². The van der Waals surface area contributed by atoms with Gasteiger partial charge in [-0.25, -0.2) is 0 Å². The number of carbonyl (C=O) groups is 2. The Hall–Kier alpha value is -1.88. The second-order valence-corrected chi connectivity index (χ2v) is 6.87. The van der Waals surface area contributed by atoms with E-state index in [-0.39, 0.29) is 17.9 Å². The highest BCUT2D eigenvalue weighted by molar-refractivity contribution is 5.94. The van der Waals surface area contributed by atoms with Crippen LogP contribution in [0, 0.1) is 5.92 Å². The number of amides is 2. The number of para-hydroxylation sites is 1. The van der Waals surface area contributed by atoms with Gasteiger partial charge in [-0.15, -0.1) is 0 Å².